The third-order valence-corrected chi connectivity index (χ3v) is 5.30. The van der Waals surface area contributed by atoms with Gasteiger partial charge in [-0.1, -0.05) is 6.42 Å². The molecule has 0 aliphatic carbocycles. The molecule has 2 aromatic heterocycles. The van der Waals surface area contributed by atoms with Gasteiger partial charge in [0, 0.05) is 43.9 Å². The Labute approximate surface area is 145 Å². The number of piperidine rings is 1. The summed E-state index contributed by atoms with van der Waals surface area (Å²) in [7, 11) is 0. The van der Waals surface area contributed by atoms with Crippen LogP contribution in [0.1, 0.15) is 49.5 Å². The van der Waals surface area contributed by atoms with Crippen molar-refractivity contribution in [2.24, 2.45) is 0 Å². The number of aromatic amines is 1. The normalized spacial score (nSPS) is 21.0. The van der Waals surface area contributed by atoms with Gasteiger partial charge in [0.2, 0.25) is 5.91 Å². The van der Waals surface area contributed by atoms with E-state index in [1.165, 1.54) is 4.68 Å². The second kappa shape index (κ2) is 6.85. The van der Waals surface area contributed by atoms with E-state index in [-0.39, 0.29) is 24.1 Å². The lowest BCUT2D eigenvalue weighted by Gasteiger charge is -2.32. The quantitative estimate of drug-likeness (QED) is 0.896. The highest BCUT2D eigenvalue weighted by atomic mass is 16.2. The summed E-state index contributed by atoms with van der Waals surface area (Å²) in [5, 5.41) is 11.4. The van der Waals surface area contributed by atoms with Gasteiger partial charge in [-0.3, -0.25) is 14.5 Å². The van der Waals surface area contributed by atoms with Crippen LogP contribution in [0.2, 0.25) is 0 Å². The third-order valence-electron chi connectivity index (χ3n) is 5.30. The van der Waals surface area contributed by atoms with Crippen LogP contribution in [0.5, 0.6) is 0 Å². The number of rotatable bonds is 3. The molecule has 1 amide bonds. The van der Waals surface area contributed by atoms with Crippen LogP contribution in [0.15, 0.2) is 17.1 Å². The SMILES string of the molecule is O=C(Cn1nc2n(c1=O)CCCCC2)N1CCCC(c2ccn[nH]2)C1. The molecule has 0 radical (unpaired) electrons. The van der Waals surface area contributed by atoms with Crippen molar-refractivity contribution in [1.82, 2.24) is 29.4 Å². The molecule has 0 saturated carbocycles. The minimum Gasteiger partial charge on any atom is -0.340 e. The Balaban J connectivity index is 1.46. The first-order chi connectivity index (χ1) is 12.2. The van der Waals surface area contributed by atoms with Gasteiger partial charge in [-0.25, -0.2) is 9.48 Å². The molecule has 134 valence electrons. The van der Waals surface area contributed by atoms with E-state index in [0.717, 1.165) is 56.6 Å². The summed E-state index contributed by atoms with van der Waals surface area (Å²) in [5.41, 5.74) is 0.927. The summed E-state index contributed by atoms with van der Waals surface area (Å²) in [5.74, 6) is 1.08. The van der Waals surface area contributed by atoms with E-state index in [2.05, 4.69) is 15.3 Å². The number of aromatic nitrogens is 5. The van der Waals surface area contributed by atoms with Crippen LogP contribution < -0.4 is 5.69 Å². The average Bonchev–Trinajstić information content (AvgIpc) is 3.19. The number of carbonyl (C=O) groups excluding carboxylic acids is 1. The molecule has 2 aliphatic rings. The molecule has 2 aliphatic heterocycles. The molecule has 8 nitrogen and oxygen atoms in total. The number of amides is 1. The first-order valence-electron chi connectivity index (χ1n) is 9.16. The van der Waals surface area contributed by atoms with Crippen LogP contribution in [-0.2, 0) is 24.3 Å². The highest BCUT2D eigenvalue weighted by Gasteiger charge is 2.26. The highest BCUT2D eigenvalue weighted by molar-refractivity contribution is 5.76. The maximum atomic E-state index is 12.7. The first kappa shape index (κ1) is 16.1. The largest absolute Gasteiger partial charge is 0.346 e. The van der Waals surface area contributed by atoms with Crippen LogP contribution >= 0.6 is 0 Å². The van der Waals surface area contributed by atoms with E-state index < -0.39 is 0 Å². The third kappa shape index (κ3) is 3.25. The highest BCUT2D eigenvalue weighted by Crippen LogP contribution is 2.25. The van der Waals surface area contributed by atoms with Crippen LogP contribution in [-0.4, -0.2) is 48.4 Å². The lowest BCUT2D eigenvalue weighted by molar-refractivity contribution is -0.133. The standard InChI is InChI=1S/C17H24N6O2/c24-16(21-9-4-5-13(11-21)14-7-8-18-19-14)12-23-17(25)22-10-3-1-2-6-15(22)20-23/h7-8,13H,1-6,9-12H2,(H,18,19). The summed E-state index contributed by atoms with van der Waals surface area (Å²) in [6.45, 7) is 2.16. The molecule has 0 aromatic carbocycles. The molecule has 1 saturated heterocycles. The van der Waals surface area contributed by atoms with Crippen LogP contribution in [0.25, 0.3) is 0 Å². The number of carbonyl (C=O) groups is 1. The number of H-pyrrole nitrogens is 1. The second-order valence-corrected chi connectivity index (χ2v) is 7.01. The van der Waals surface area contributed by atoms with E-state index in [9.17, 15) is 9.59 Å². The zero-order valence-corrected chi connectivity index (χ0v) is 14.4. The van der Waals surface area contributed by atoms with Crippen molar-refractivity contribution in [3.63, 3.8) is 0 Å². The van der Waals surface area contributed by atoms with Gasteiger partial charge in [0.1, 0.15) is 12.4 Å². The predicted octanol–water partition coefficient (Wildman–Crippen LogP) is 0.900. The summed E-state index contributed by atoms with van der Waals surface area (Å²) < 4.78 is 3.09. The lowest BCUT2D eigenvalue weighted by atomic mass is 9.95. The predicted molar refractivity (Wildman–Crippen MR) is 91.2 cm³/mol. The minimum absolute atomic E-state index is 0.0282. The number of fused-ring (bicyclic) bond motifs is 1. The number of nitrogens with zero attached hydrogens (tertiary/aromatic N) is 5. The zero-order valence-electron chi connectivity index (χ0n) is 14.4. The maximum Gasteiger partial charge on any atom is 0.346 e. The van der Waals surface area contributed by atoms with E-state index >= 15 is 0 Å². The number of hydrogen-bond donors (Lipinski definition) is 1. The Hall–Kier alpha value is -2.38. The van der Waals surface area contributed by atoms with E-state index in [4.69, 9.17) is 0 Å². The van der Waals surface area contributed by atoms with Gasteiger partial charge in [-0.05, 0) is 31.7 Å². The minimum atomic E-state index is -0.146. The summed E-state index contributed by atoms with van der Waals surface area (Å²) in [6.07, 6.45) is 7.77. The summed E-state index contributed by atoms with van der Waals surface area (Å²) in [4.78, 5) is 27.1. The molecule has 0 bridgehead atoms. The van der Waals surface area contributed by atoms with E-state index in [1.807, 2.05) is 11.0 Å². The molecule has 25 heavy (non-hydrogen) atoms. The fraction of sp³-hybridized carbons (Fsp3) is 0.647. The van der Waals surface area contributed by atoms with Gasteiger partial charge in [-0.15, -0.1) is 0 Å². The van der Waals surface area contributed by atoms with Crippen molar-refractivity contribution < 1.29 is 4.79 Å². The molecule has 1 atom stereocenters. The van der Waals surface area contributed by atoms with Gasteiger partial charge in [0.15, 0.2) is 0 Å². The number of aryl methyl sites for hydroxylation is 1. The van der Waals surface area contributed by atoms with Crippen molar-refractivity contribution in [3.8, 4) is 0 Å². The van der Waals surface area contributed by atoms with Gasteiger partial charge < -0.3 is 4.90 Å². The molecular weight excluding hydrogens is 320 g/mol. The first-order valence-corrected chi connectivity index (χ1v) is 9.16. The molecule has 1 N–H and O–H groups in total. The molecule has 0 spiro atoms. The summed E-state index contributed by atoms with van der Waals surface area (Å²) >= 11 is 0. The van der Waals surface area contributed by atoms with Crippen molar-refractivity contribution in [3.05, 3.63) is 34.3 Å². The molecule has 1 fully saturated rings. The van der Waals surface area contributed by atoms with Crippen molar-refractivity contribution in [1.29, 1.82) is 0 Å². The van der Waals surface area contributed by atoms with Crippen LogP contribution in [0.3, 0.4) is 0 Å². The van der Waals surface area contributed by atoms with E-state index in [0.29, 0.717) is 13.1 Å². The molecule has 4 heterocycles. The molecular formula is C17H24N6O2. The second-order valence-electron chi connectivity index (χ2n) is 7.01. The molecule has 8 heteroatoms. The number of nitrogens with one attached hydrogen (secondary N) is 1. The molecule has 1 unspecified atom stereocenters. The Morgan fingerprint density at radius 1 is 1.24 bits per heavy atom. The van der Waals surface area contributed by atoms with Gasteiger partial charge >= 0.3 is 5.69 Å². The monoisotopic (exact) mass is 344 g/mol. The number of hydrogen-bond acceptors (Lipinski definition) is 4. The number of likely N-dealkylation sites (tertiary alicyclic amines) is 1. The Morgan fingerprint density at radius 2 is 2.16 bits per heavy atom. The van der Waals surface area contributed by atoms with Crippen molar-refractivity contribution >= 4 is 5.91 Å². The summed E-state index contributed by atoms with van der Waals surface area (Å²) in [6, 6.07) is 1.97. The van der Waals surface area contributed by atoms with Gasteiger partial charge in [-0.2, -0.15) is 10.2 Å². The average molecular weight is 344 g/mol. The van der Waals surface area contributed by atoms with E-state index in [1.54, 1.807) is 10.8 Å². The van der Waals surface area contributed by atoms with Gasteiger partial charge in [0.25, 0.3) is 0 Å². The lowest BCUT2D eigenvalue weighted by Crippen LogP contribution is -2.42. The Morgan fingerprint density at radius 3 is 3.00 bits per heavy atom. The Kier molecular flexibility index (Phi) is 4.42. The molecule has 2 aromatic rings. The topological polar surface area (TPSA) is 88.8 Å². The van der Waals surface area contributed by atoms with Crippen molar-refractivity contribution in [2.75, 3.05) is 13.1 Å². The van der Waals surface area contributed by atoms with Crippen molar-refractivity contribution in [2.45, 2.75) is 57.5 Å². The Bertz CT molecular complexity index is 791. The molecule has 4 rings (SSSR count). The van der Waals surface area contributed by atoms with Gasteiger partial charge in [0.05, 0.1) is 0 Å². The zero-order chi connectivity index (χ0) is 17.2. The smallest absolute Gasteiger partial charge is 0.340 e. The van der Waals surface area contributed by atoms with Crippen LogP contribution in [0, 0.1) is 0 Å². The fourth-order valence-electron chi connectivity index (χ4n) is 3.91. The maximum absolute atomic E-state index is 12.7. The van der Waals surface area contributed by atoms with Crippen LogP contribution in [0.4, 0.5) is 0 Å². The fourth-order valence-corrected chi connectivity index (χ4v) is 3.91.